The van der Waals surface area contributed by atoms with Gasteiger partial charge in [0, 0.05) is 43.2 Å². The van der Waals surface area contributed by atoms with Gasteiger partial charge in [0.15, 0.2) is 0 Å². The number of para-hydroxylation sites is 1. The zero-order chi connectivity index (χ0) is 23.2. The molecule has 1 aliphatic heterocycles. The van der Waals surface area contributed by atoms with Crippen molar-refractivity contribution in [3.63, 3.8) is 0 Å². The second-order valence-electron chi connectivity index (χ2n) is 7.59. The molecule has 1 saturated heterocycles. The van der Waals surface area contributed by atoms with Crippen LogP contribution in [0.1, 0.15) is 4.88 Å². The molecule has 0 atom stereocenters. The first kappa shape index (κ1) is 22.8. The van der Waals surface area contributed by atoms with Crippen LogP contribution in [-0.4, -0.2) is 65.1 Å². The van der Waals surface area contributed by atoms with Crippen LogP contribution >= 0.6 is 34.4 Å². The molecule has 4 heterocycles. The van der Waals surface area contributed by atoms with Crippen LogP contribution in [0.25, 0.3) is 21.6 Å². The van der Waals surface area contributed by atoms with Crippen LogP contribution in [0.4, 0.5) is 5.69 Å². The molecule has 0 saturated carbocycles. The predicted octanol–water partition coefficient (Wildman–Crippen LogP) is 3.32. The lowest BCUT2D eigenvalue weighted by molar-refractivity contribution is -0.270. The Labute approximate surface area is 203 Å². The summed E-state index contributed by atoms with van der Waals surface area (Å²) < 4.78 is 27.6. The lowest BCUT2D eigenvalue weighted by Gasteiger charge is -2.36. The number of H-pyrrole nitrogens is 1. The summed E-state index contributed by atoms with van der Waals surface area (Å²) in [7, 11) is -2.14. The number of hydrogen-bond acceptors (Lipinski definition) is 9. The number of anilines is 1. The molecule has 1 fully saturated rings. The first-order chi connectivity index (χ1) is 15.8. The summed E-state index contributed by atoms with van der Waals surface area (Å²) in [6.07, 6.45) is 1.49. The van der Waals surface area contributed by atoms with E-state index in [4.69, 9.17) is 0 Å². The first-order valence-electron chi connectivity index (χ1n) is 10.2. The van der Waals surface area contributed by atoms with E-state index in [1.165, 1.54) is 40.2 Å². The van der Waals surface area contributed by atoms with E-state index < -0.39 is 15.9 Å². The van der Waals surface area contributed by atoms with E-state index in [9.17, 15) is 18.6 Å². The number of aromatic nitrogens is 2. The summed E-state index contributed by atoms with van der Waals surface area (Å²) in [6.45, 7) is 1.18. The summed E-state index contributed by atoms with van der Waals surface area (Å²) in [5.41, 5.74) is 1.87. The highest BCUT2D eigenvalue weighted by Gasteiger charge is 2.37. The molecule has 5 rings (SSSR count). The first-order valence-corrected chi connectivity index (χ1v) is 14.5. The second-order valence-corrected chi connectivity index (χ2v) is 13.0. The summed E-state index contributed by atoms with van der Waals surface area (Å²) in [5.74, 6) is -0.370. The molecule has 1 aliphatic rings. The monoisotopic (exact) mass is 522 g/mol. The number of aromatic amines is 1. The van der Waals surface area contributed by atoms with E-state index in [1.807, 2.05) is 18.2 Å². The van der Waals surface area contributed by atoms with Crippen LogP contribution in [0.2, 0.25) is 0 Å². The lowest BCUT2D eigenvalue weighted by Crippen LogP contribution is -2.49. The molecular formula is C21H22N4O4S4. The third-order valence-corrected chi connectivity index (χ3v) is 10.8. The number of thiophene rings is 1. The largest absolute Gasteiger partial charge is 0.351 e. The van der Waals surface area contributed by atoms with E-state index in [-0.39, 0.29) is 4.21 Å². The van der Waals surface area contributed by atoms with Gasteiger partial charge in [-0.1, -0.05) is 18.2 Å². The molecule has 33 heavy (non-hydrogen) atoms. The Morgan fingerprint density at radius 1 is 1.18 bits per heavy atom. The number of nitrogens with one attached hydrogen (secondary N) is 1. The fraction of sp³-hybridized carbons (Fsp3) is 0.286. The Balaban J connectivity index is 1.49. The van der Waals surface area contributed by atoms with Crippen LogP contribution < -0.4 is 4.31 Å². The van der Waals surface area contributed by atoms with Gasteiger partial charge in [0.05, 0.1) is 16.9 Å². The minimum atomic E-state index is -3.68. The Kier molecular flexibility index (Phi) is 6.02. The average Bonchev–Trinajstić information content (AvgIpc) is 3.59. The minimum Gasteiger partial charge on any atom is -0.351 e. The van der Waals surface area contributed by atoms with E-state index in [1.54, 1.807) is 40.2 Å². The number of rotatable bonds is 6. The van der Waals surface area contributed by atoms with Gasteiger partial charge in [-0.2, -0.15) is 11.8 Å². The van der Waals surface area contributed by atoms with Gasteiger partial charge in [-0.05, 0) is 23.6 Å². The Bertz CT molecular complexity index is 1370. The highest BCUT2D eigenvalue weighted by molar-refractivity contribution is 7.99. The van der Waals surface area contributed by atoms with Crippen molar-refractivity contribution in [1.82, 2.24) is 14.9 Å². The molecule has 0 aliphatic carbocycles. The van der Waals surface area contributed by atoms with Gasteiger partial charge < -0.3 is 15.2 Å². The maximum absolute atomic E-state index is 13.0. The molecule has 4 aromatic rings. The molecule has 0 amide bonds. The number of benzene rings is 1. The molecule has 12 heteroatoms. The summed E-state index contributed by atoms with van der Waals surface area (Å²) in [6, 6.07) is 10.6. The van der Waals surface area contributed by atoms with Gasteiger partial charge in [0.1, 0.15) is 14.1 Å². The maximum atomic E-state index is 13.0. The molecule has 0 spiro atoms. The van der Waals surface area contributed by atoms with Crippen molar-refractivity contribution in [2.75, 3.05) is 35.9 Å². The van der Waals surface area contributed by atoms with Crippen molar-refractivity contribution in [3.8, 4) is 10.7 Å². The van der Waals surface area contributed by atoms with Gasteiger partial charge in [0.25, 0.3) is 15.9 Å². The van der Waals surface area contributed by atoms with Gasteiger partial charge in [0.2, 0.25) is 0 Å². The number of aliphatic hydroxyl groups is 2. The second kappa shape index (κ2) is 8.69. The zero-order valence-electron chi connectivity index (χ0n) is 17.6. The topological polar surface area (TPSA) is 110 Å². The number of nitrogens with zero attached hydrogens (tertiary/aromatic N) is 3. The zero-order valence-corrected chi connectivity index (χ0v) is 20.9. The smallest absolute Gasteiger partial charge is 0.273 e. The van der Waals surface area contributed by atoms with E-state index in [0.29, 0.717) is 39.9 Å². The number of sulfonamides is 1. The third-order valence-electron chi connectivity index (χ3n) is 5.60. The normalized spacial score (nSPS) is 15.8. The number of hydrogen-bond donors (Lipinski definition) is 3. The van der Waals surface area contributed by atoms with Crippen LogP contribution in [0.5, 0.6) is 0 Å². The van der Waals surface area contributed by atoms with E-state index >= 15 is 0 Å². The third kappa shape index (κ3) is 4.09. The quantitative estimate of drug-likeness (QED) is 0.333. The number of fused-ring (bicyclic) bond motifs is 1. The van der Waals surface area contributed by atoms with Crippen LogP contribution in [0, 0.1) is 0 Å². The standard InChI is InChI=1S/C21H22N4O4S4/c1-24(33(28,29)18-6-3-9-31-18)16-5-2-4-14-12-15(23-19(14)16)20-22-13-17(32-20)21(26,27)25-7-10-30-11-8-25/h2-6,9,12-13,23,26-27H,7-8,10-11H2,1H3. The molecular weight excluding hydrogens is 501 g/mol. The van der Waals surface area contributed by atoms with Crippen molar-refractivity contribution in [3.05, 3.63) is 52.9 Å². The van der Waals surface area contributed by atoms with Crippen molar-refractivity contribution in [1.29, 1.82) is 0 Å². The SMILES string of the molecule is CN(c1cccc2cc(-c3ncc(C(O)(O)N4CCSCC4)s3)[nH]c12)S(=O)(=O)c1cccs1. The van der Waals surface area contributed by atoms with Gasteiger partial charge in [-0.25, -0.2) is 18.3 Å². The molecule has 3 N–H and O–H groups in total. The molecule has 0 radical (unpaired) electrons. The Morgan fingerprint density at radius 3 is 2.70 bits per heavy atom. The summed E-state index contributed by atoms with van der Waals surface area (Å²) in [5, 5.41) is 24.7. The highest BCUT2D eigenvalue weighted by atomic mass is 32.2. The Hall–Kier alpha value is -1.93. The molecule has 1 aromatic carbocycles. The van der Waals surface area contributed by atoms with Crippen LogP contribution in [0.3, 0.4) is 0 Å². The van der Waals surface area contributed by atoms with Crippen molar-refractivity contribution >= 4 is 61.0 Å². The minimum absolute atomic E-state index is 0.275. The molecule has 0 bridgehead atoms. The highest BCUT2D eigenvalue weighted by Crippen LogP contribution is 2.37. The molecule has 0 unspecified atom stereocenters. The van der Waals surface area contributed by atoms with Crippen molar-refractivity contribution in [2.24, 2.45) is 0 Å². The number of thioether (sulfide) groups is 1. The molecule has 174 valence electrons. The van der Waals surface area contributed by atoms with Crippen LogP contribution in [0.15, 0.2) is 52.2 Å². The fourth-order valence-corrected chi connectivity index (χ4v) is 7.95. The van der Waals surface area contributed by atoms with Gasteiger partial charge in [-0.15, -0.1) is 22.7 Å². The lowest BCUT2D eigenvalue weighted by atomic mass is 10.2. The van der Waals surface area contributed by atoms with Crippen LogP contribution in [-0.2, 0) is 15.9 Å². The summed E-state index contributed by atoms with van der Waals surface area (Å²) in [4.78, 5) is 9.70. The number of thiazole rings is 1. The van der Waals surface area contributed by atoms with E-state index in [0.717, 1.165) is 16.9 Å². The van der Waals surface area contributed by atoms with Gasteiger partial charge in [-0.3, -0.25) is 4.31 Å². The Morgan fingerprint density at radius 2 is 1.97 bits per heavy atom. The molecule has 8 nitrogen and oxygen atoms in total. The average molecular weight is 523 g/mol. The molecule has 3 aromatic heterocycles. The van der Waals surface area contributed by atoms with E-state index in [2.05, 4.69) is 9.97 Å². The predicted molar refractivity (Wildman–Crippen MR) is 134 cm³/mol. The summed E-state index contributed by atoms with van der Waals surface area (Å²) >= 11 is 4.17. The van der Waals surface area contributed by atoms with Gasteiger partial charge >= 0.3 is 0 Å². The maximum Gasteiger partial charge on any atom is 0.273 e. The fourth-order valence-electron chi connectivity index (χ4n) is 3.78. The van der Waals surface area contributed by atoms with Crippen molar-refractivity contribution in [2.45, 2.75) is 10.1 Å². The van der Waals surface area contributed by atoms with Crippen molar-refractivity contribution < 1.29 is 18.6 Å².